The molecule has 1 aromatic carbocycles. The topological polar surface area (TPSA) is 63.4 Å². The molecule has 1 aliphatic carbocycles. The number of hydrogen-bond donors (Lipinski definition) is 1. The van der Waals surface area contributed by atoms with Gasteiger partial charge in [0.05, 0.1) is 4.90 Å². The van der Waals surface area contributed by atoms with Gasteiger partial charge in [0.2, 0.25) is 10.0 Å². The number of benzene rings is 1. The molecule has 2 rings (SSSR count). The Morgan fingerprint density at radius 2 is 2.06 bits per heavy atom. The summed E-state index contributed by atoms with van der Waals surface area (Å²) >= 11 is 0. The van der Waals surface area contributed by atoms with Crippen molar-refractivity contribution in [2.75, 3.05) is 14.1 Å². The fourth-order valence-corrected chi connectivity index (χ4v) is 2.92. The summed E-state index contributed by atoms with van der Waals surface area (Å²) in [7, 11) is -0.284. The van der Waals surface area contributed by atoms with Crippen LogP contribution in [-0.4, -0.2) is 26.8 Å². The molecule has 5 heteroatoms. The molecular formula is C11H16N2O2S. The Balaban J connectivity index is 2.51. The number of fused-ring (bicyclic) bond motifs is 1. The average molecular weight is 240 g/mol. The van der Waals surface area contributed by atoms with E-state index in [9.17, 15) is 8.42 Å². The van der Waals surface area contributed by atoms with Crippen molar-refractivity contribution >= 4 is 10.0 Å². The van der Waals surface area contributed by atoms with Gasteiger partial charge >= 0.3 is 0 Å². The van der Waals surface area contributed by atoms with E-state index in [1.54, 1.807) is 12.1 Å². The predicted molar refractivity (Wildman–Crippen MR) is 62.6 cm³/mol. The molecule has 0 aromatic heterocycles. The summed E-state index contributed by atoms with van der Waals surface area (Å²) in [6.45, 7) is 0. The molecule has 1 aromatic rings. The first-order valence-corrected chi connectivity index (χ1v) is 6.68. The van der Waals surface area contributed by atoms with E-state index >= 15 is 0 Å². The summed E-state index contributed by atoms with van der Waals surface area (Å²) in [5.41, 5.74) is 8.07. The largest absolute Gasteiger partial charge is 0.324 e. The van der Waals surface area contributed by atoms with Gasteiger partial charge in [-0.05, 0) is 36.1 Å². The number of rotatable bonds is 2. The summed E-state index contributed by atoms with van der Waals surface area (Å²) < 4.78 is 25.1. The number of nitrogens with two attached hydrogens (primary N) is 1. The lowest BCUT2D eigenvalue weighted by Crippen LogP contribution is -2.22. The molecule has 0 heterocycles. The van der Waals surface area contributed by atoms with E-state index < -0.39 is 10.0 Å². The maximum atomic E-state index is 11.9. The molecule has 4 nitrogen and oxygen atoms in total. The smallest absolute Gasteiger partial charge is 0.242 e. The van der Waals surface area contributed by atoms with Crippen LogP contribution in [-0.2, 0) is 16.4 Å². The zero-order valence-corrected chi connectivity index (χ0v) is 10.3. The van der Waals surface area contributed by atoms with Gasteiger partial charge in [0.15, 0.2) is 0 Å². The first-order chi connectivity index (χ1) is 7.43. The summed E-state index contributed by atoms with van der Waals surface area (Å²) in [4.78, 5) is 0.327. The van der Waals surface area contributed by atoms with E-state index in [0.29, 0.717) is 4.90 Å². The van der Waals surface area contributed by atoms with Crippen LogP contribution in [0.3, 0.4) is 0 Å². The van der Waals surface area contributed by atoms with E-state index in [0.717, 1.165) is 18.4 Å². The summed E-state index contributed by atoms with van der Waals surface area (Å²) in [6.07, 6.45) is 1.85. The second-order valence-corrected chi connectivity index (χ2v) is 6.45. The molecule has 0 bridgehead atoms. The molecule has 0 amide bonds. The summed E-state index contributed by atoms with van der Waals surface area (Å²) in [5.74, 6) is 0. The fourth-order valence-electron chi connectivity index (χ4n) is 1.98. The highest BCUT2D eigenvalue weighted by atomic mass is 32.2. The number of nitrogens with zero attached hydrogens (tertiary/aromatic N) is 1. The van der Waals surface area contributed by atoms with Crippen LogP contribution in [0.25, 0.3) is 0 Å². The Hall–Kier alpha value is -0.910. The lowest BCUT2D eigenvalue weighted by Gasteiger charge is -2.13. The van der Waals surface area contributed by atoms with Gasteiger partial charge in [-0.2, -0.15) is 0 Å². The Morgan fingerprint density at radius 3 is 2.69 bits per heavy atom. The van der Waals surface area contributed by atoms with E-state index in [1.165, 1.54) is 24.0 Å². The van der Waals surface area contributed by atoms with Gasteiger partial charge in [-0.15, -0.1) is 0 Å². The van der Waals surface area contributed by atoms with Crippen molar-refractivity contribution in [1.29, 1.82) is 0 Å². The van der Waals surface area contributed by atoms with Crippen molar-refractivity contribution in [3.05, 3.63) is 29.3 Å². The van der Waals surface area contributed by atoms with E-state index in [4.69, 9.17) is 5.73 Å². The van der Waals surface area contributed by atoms with Crippen molar-refractivity contribution < 1.29 is 8.42 Å². The number of hydrogen-bond acceptors (Lipinski definition) is 3. The molecule has 0 fully saturated rings. The van der Waals surface area contributed by atoms with Crippen LogP contribution in [0, 0.1) is 0 Å². The summed E-state index contributed by atoms with van der Waals surface area (Å²) in [6, 6.07) is 5.22. The zero-order valence-electron chi connectivity index (χ0n) is 9.47. The maximum absolute atomic E-state index is 11.9. The Kier molecular flexibility index (Phi) is 2.77. The Labute approximate surface area is 96.1 Å². The minimum atomic E-state index is -3.34. The Morgan fingerprint density at radius 1 is 1.38 bits per heavy atom. The van der Waals surface area contributed by atoms with E-state index in [2.05, 4.69) is 0 Å². The molecule has 0 saturated carbocycles. The van der Waals surface area contributed by atoms with Gasteiger partial charge in [0, 0.05) is 20.1 Å². The molecule has 0 unspecified atom stereocenters. The predicted octanol–water partition coefficient (Wildman–Crippen LogP) is 0.883. The highest BCUT2D eigenvalue weighted by Gasteiger charge is 2.23. The molecule has 88 valence electrons. The molecule has 0 saturated heterocycles. The molecule has 0 aliphatic heterocycles. The van der Waals surface area contributed by atoms with Crippen LogP contribution in [0.5, 0.6) is 0 Å². The molecule has 2 N–H and O–H groups in total. The molecule has 1 atom stereocenters. The molecule has 0 radical (unpaired) electrons. The van der Waals surface area contributed by atoms with Crippen molar-refractivity contribution in [3.8, 4) is 0 Å². The fraction of sp³-hybridized carbons (Fsp3) is 0.455. The third-order valence-corrected chi connectivity index (χ3v) is 4.83. The van der Waals surface area contributed by atoms with Crippen LogP contribution in [0.2, 0.25) is 0 Å². The lowest BCUT2D eigenvalue weighted by atomic mass is 10.1. The van der Waals surface area contributed by atoms with Gasteiger partial charge in [0.25, 0.3) is 0 Å². The van der Waals surface area contributed by atoms with Gasteiger partial charge in [0.1, 0.15) is 0 Å². The second kappa shape index (κ2) is 3.84. The molecule has 16 heavy (non-hydrogen) atoms. The highest BCUT2D eigenvalue weighted by molar-refractivity contribution is 7.89. The van der Waals surface area contributed by atoms with Crippen molar-refractivity contribution in [3.63, 3.8) is 0 Å². The van der Waals surface area contributed by atoms with Crippen LogP contribution >= 0.6 is 0 Å². The maximum Gasteiger partial charge on any atom is 0.242 e. The van der Waals surface area contributed by atoms with E-state index in [-0.39, 0.29) is 6.04 Å². The van der Waals surface area contributed by atoms with Crippen molar-refractivity contribution in [1.82, 2.24) is 4.31 Å². The normalized spacial score (nSPS) is 20.1. The standard InChI is InChI=1S/C11H16N2O2S/c1-13(2)16(14,15)9-5-3-8-4-6-11(12)10(8)7-9/h3,5,7,11H,4,6,12H2,1-2H3/t11-/m0/s1. The lowest BCUT2D eigenvalue weighted by molar-refractivity contribution is 0.520. The quantitative estimate of drug-likeness (QED) is 0.834. The van der Waals surface area contributed by atoms with Gasteiger partial charge in [-0.25, -0.2) is 12.7 Å². The second-order valence-electron chi connectivity index (χ2n) is 4.29. The summed E-state index contributed by atoms with van der Waals surface area (Å²) in [5, 5.41) is 0. The minimum absolute atomic E-state index is 0.0210. The van der Waals surface area contributed by atoms with Gasteiger partial charge in [-0.1, -0.05) is 6.07 Å². The molecule has 1 aliphatic rings. The molecular weight excluding hydrogens is 224 g/mol. The number of sulfonamides is 1. The van der Waals surface area contributed by atoms with Crippen LogP contribution in [0.15, 0.2) is 23.1 Å². The number of aryl methyl sites for hydroxylation is 1. The van der Waals surface area contributed by atoms with Crippen molar-refractivity contribution in [2.24, 2.45) is 5.73 Å². The minimum Gasteiger partial charge on any atom is -0.324 e. The van der Waals surface area contributed by atoms with Crippen LogP contribution < -0.4 is 5.73 Å². The first kappa shape index (κ1) is 11.6. The zero-order chi connectivity index (χ0) is 11.9. The average Bonchev–Trinajstić information content (AvgIpc) is 2.60. The monoisotopic (exact) mass is 240 g/mol. The first-order valence-electron chi connectivity index (χ1n) is 5.24. The third kappa shape index (κ3) is 1.75. The van der Waals surface area contributed by atoms with Gasteiger partial charge in [-0.3, -0.25) is 0 Å². The van der Waals surface area contributed by atoms with Crippen LogP contribution in [0.4, 0.5) is 0 Å². The van der Waals surface area contributed by atoms with Crippen molar-refractivity contribution in [2.45, 2.75) is 23.8 Å². The Bertz CT molecular complexity index is 509. The van der Waals surface area contributed by atoms with Gasteiger partial charge < -0.3 is 5.73 Å². The SMILES string of the molecule is CN(C)S(=O)(=O)c1ccc2c(c1)[C@@H](N)CC2. The highest BCUT2D eigenvalue weighted by Crippen LogP contribution is 2.31. The third-order valence-electron chi connectivity index (χ3n) is 3.02. The van der Waals surface area contributed by atoms with Crippen LogP contribution in [0.1, 0.15) is 23.6 Å². The van der Waals surface area contributed by atoms with E-state index in [1.807, 2.05) is 6.07 Å². The molecule has 0 spiro atoms.